The lowest BCUT2D eigenvalue weighted by Gasteiger charge is -2.25. The second-order valence-corrected chi connectivity index (χ2v) is 7.67. The molecule has 0 unspecified atom stereocenters. The molecule has 0 radical (unpaired) electrons. The molecule has 2 aromatic rings. The summed E-state index contributed by atoms with van der Waals surface area (Å²) in [5.41, 5.74) is 9.24. The molecule has 0 aliphatic rings. The molecule has 0 spiro atoms. The zero-order valence-electron chi connectivity index (χ0n) is 17.4. The summed E-state index contributed by atoms with van der Waals surface area (Å²) in [6.45, 7) is 8.27. The molecule has 6 nitrogen and oxygen atoms in total. The van der Waals surface area contributed by atoms with E-state index in [1.165, 1.54) is 0 Å². The van der Waals surface area contributed by atoms with E-state index in [-0.39, 0.29) is 42.7 Å². The molecule has 1 atom stereocenters. The van der Waals surface area contributed by atoms with Crippen LogP contribution in [0.25, 0.3) is 11.1 Å². The SMILES string of the molecule is CCOC(=O)C[C@H](NC(=O)CN)c1cc(-c2cccnc2)cc(C(C)(C)C)c1.Cl. The first-order valence-corrected chi connectivity index (χ1v) is 9.45. The maximum Gasteiger partial charge on any atom is 0.308 e. The Morgan fingerprint density at radius 1 is 1.21 bits per heavy atom. The fraction of sp³-hybridized carbons (Fsp3) is 0.409. The van der Waals surface area contributed by atoms with Crippen LogP contribution in [0.3, 0.4) is 0 Å². The summed E-state index contributed by atoms with van der Waals surface area (Å²) in [6, 6.07) is 9.47. The van der Waals surface area contributed by atoms with Gasteiger partial charge in [-0.3, -0.25) is 14.6 Å². The van der Waals surface area contributed by atoms with Crippen molar-refractivity contribution in [1.29, 1.82) is 0 Å². The van der Waals surface area contributed by atoms with Crippen molar-refractivity contribution in [1.82, 2.24) is 10.3 Å². The van der Waals surface area contributed by atoms with E-state index in [0.717, 1.165) is 22.3 Å². The molecule has 2 rings (SSSR count). The number of nitrogens with zero attached hydrogens (tertiary/aromatic N) is 1. The van der Waals surface area contributed by atoms with Crippen LogP contribution in [0, 0.1) is 0 Å². The smallest absolute Gasteiger partial charge is 0.308 e. The highest BCUT2D eigenvalue weighted by molar-refractivity contribution is 5.85. The van der Waals surface area contributed by atoms with Crippen LogP contribution in [0.1, 0.15) is 51.3 Å². The van der Waals surface area contributed by atoms with Gasteiger partial charge in [0.2, 0.25) is 5.91 Å². The molecule has 1 heterocycles. The zero-order chi connectivity index (χ0) is 20.7. The van der Waals surface area contributed by atoms with Crippen LogP contribution in [0.15, 0.2) is 42.7 Å². The van der Waals surface area contributed by atoms with E-state index >= 15 is 0 Å². The molecule has 1 aromatic heterocycles. The molecular formula is C22H30ClN3O3. The zero-order valence-corrected chi connectivity index (χ0v) is 18.2. The number of nitrogens with one attached hydrogen (secondary N) is 1. The molecule has 0 saturated carbocycles. The summed E-state index contributed by atoms with van der Waals surface area (Å²) in [6.07, 6.45) is 3.56. The lowest BCUT2D eigenvalue weighted by molar-refractivity contribution is -0.143. The van der Waals surface area contributed by atoms with Gasteiger partial charge in [0.15, 0.2) is 0 Å². The first-order valence-electron chi connectivity index (χ1n) is 9.45. The number of rotatable bonds is 7. The third-order valence-corrected chi connectivity index (χ3v) is 4.42. The van der Waals surface area contributed by atoms with Crippen molar-refractivity contribution in [2.75, 3.05) is 13.2 Å². The summed E-state index contributed by atoms with van der Waals surface area (Å²) in [5, 5.41) is 2.85. The van der Waals surface area contributed by atoms with Crippen LogP contribution in [0.5, 0.6) is 0 Å². The number of pyridine rings is 1. The number of benzene rings is 1. The highest BCUT2D eigenvalue weighted by atomic mass is 35.5. The first-order chi connectivity index (χ1) is 13.2. The van der Waals surface area contributed by atoms with Crippen molar-refractivity contribution in [3.63, 3.8) is 0 Å². The number of carbonyl (C=O) groups excluding carboxylic acids is 2. The number of amides is 1. The van der Waals surface area contributed by atoms with Crippen LogP contribution in [0.2, 0.25) is 0 Å². The molecule has 158 valence electrons. The number of hydrogen-bond donors (Lipinski definition) is 2. The standard InChI is InChI=1S/C22H29N3O3.ClH/c1-5-28-21(27)12-19(25-20(26)13-23)17-9-16(15-7-6-8-24-14-15)10-18(11-17)22(2,3)4;/h6-11,14,19H,5,12-13,23H2,1-4H3,(H,25,26);1H/t19-;/m0./s1. The summed E-state index contributed by atoms with van der Waals surface area (Å²) < 4.78 is 5.09. The summed E-state index contributed by atoms with van der Waals surface area (Å²) >= 11 is 0. The van der Waals surface area contributed by atoms with Gasteiger partial charge in [-0.05, 0) is 41.2 Å². The van der Waals surface area contributed by atoms with Crippen molar-refractivity contribution in [2.45, 2.75) is 45.6 Å². The lowest BCUT2D eigenvalue weighted by atomic mass is 9.83. The number of halogens is 1. The van der Waals surface area contributed by atoms with Crippen LogP contribution < -0.4 is 11.1 Å². The van der Waals surface area contributed by atoms with Crippen LogP contribution in [0.4, 0.5) is 0 Å². The fourth-order valence-electron chi connectivity index (χ4n) is 2.88. The quantitative estimate of drug-likeness (QED) is 0.669. The molecule has 3 N–H and O–H groups in total. The van der Waals surface area contributed by atoms with E-state index in [2.05, 4.69) is 37.1 Å². The molecule has 0 bridgehead atoms. The molecule has 0 aliphatic heterocycles. The molecule has 0 aliphatic carbocycles. The Bertz CT molecular complexity index is 820. The topological polar surface area (TPSA) is 94.3 Å². The Hall–Kier alpha value is -2.44. The minimum atomic E-state index is -0.521. The molecule has 0 saturated heterocycles. The van der Waals surface area contributed by atoms with Gasteiger partial charge in [-0.1, -0.05) is 39.0 Å². The van der Waals surface area contributed by atoms with Gasteiger partial charge in [0.05, 0.1) is 25.6 Å². The molecule has 7 heteroatoms. The number of carbonyl (C=O) groups is 2. The Kier molecular flexibility index (Phi) is 9.27. The Balaban J connectivity index is 0.00000420. The number of esters is 1. The number of ether oxygens (including phenoxy) is 1. The van der Waals surface area contributed by atoms with Gasteiger partial charge in [-0.15, -0.1) is 12.4 Å². The average Bonchev–Trinajstić information content (AvgIpc) is 2.67. The van der Waals surface area contributed by atoms with Gasteiger partial charge < -0.3 is 15.8 Å². The number of nitrogens with two attached hydrogens (primary N) is 1. The third-order valence-electron chi connectivity index (χ3n) is 4.42. The fourth-order valence-corrected chi connectivity index (χ4v) is 2.88. The summed E-state index contributed by atoms with van der Waals surface area (Å²) in [7, 11) is 0. The minimum Gasteiger partial charge on any atom is -0.466 e. The highest BCUT2D eigenvalue weighted by Crippen LogP contribution is 2.32. The molecule has 1 aromatic carbocycles. The largest absolute Gasteiger partial charge is 0.466 e. The Labute approximate surface area is 178 Å². The monoisotopic (exact) mass is 419 g/mol. The maximum atomic E-state index is 12.1. The van der Waals surface area contributed by atoms with Crippen LogP contribution in [-0.2, 0) is 19.7 Å². The second-order valence-electron chi connectivity index (χ2n) is 7.67. The number of hydrogen-bond acceptors (Lipinski definition) is 5. The van der Waals surface area contributed by atoms with Crippen molar-refractivity contribution in [3.8, 4) is 11.1 Å². The van der Waals surface area contributed by atoms with E-state index in [9.17, 15) is 9.59 Å². The highest BCUT2D eigenvalue weighted by Gasteiger charge is 2.23. The van der Waals surface area contributed by atoms with Gasteiger partial charge in [-0.2, -0.15) is 0 Å². The van der Waals surface area contributed by atoms with E-state index < -0.39 is 6.04 Å². The van der Waals surface area contributed by atoms with Crippen molar-refractivity contribution < 1.29 is 14.3 Å². The van der Waals surface area contributed by atoms with E-state index in [4.69, 9.17) is 10.5 Å². The third kappa shape index (κ3) is 7.15. The maximum absolute atomic E-state index is 12.1. The van der Waals surface area contributed by atoms with Gasteiger partial charge in [0.25, 0.3) is 0 Å². The van der Waals surface area contributed by atoms with E-state index in [0.29, 0.717) is 6.61 Å². The van der Waals surface area contributed by atoms with Gasteiger partial charge in [0, 0.05) is 18.0 Å². The summed E-state index contributed by atoms with van der Waals surface area (Å²) in [4.78, 5) is 28.3. The van der Waals surface area contributed by atoms with Gasteiger partial charge in [0.1, 0.15) is 0 Å². The normalized spacial score (nSPS) is 11.9. The summed E-state index contributed by atoms with van der Waals surface area (Å²) in [5.74, 6) is -0.688. The van der Waals surface area contributed by atoms with Gasteiger partial charge in [-0.25, -0.2) is 0 Å². The first kappa shape index (κ1) is 24.6. The minimum absolute atomic E-state index is 0. The Morgan fingerprint density at radius 3 is 2.48 bits per heavy atom. The molecular weight excluding hydrogens is 390 g/mol. The van der Waals surface area contributed by atoms with E-state index in [1.807, 2.05) is 24.3 Å². The number of aromatic nitrogens is 1. The van der Waals surface area contributed by atoms with Crippen molar-refractivity contribution in [2.24, 2.45) is 5.73 Å². The van der Waals surface area contributed by atoms with Crippen LogP contribution >= 0.6 is 12.4 Å². The molecule has 1 amide bonds. The predicted molar refractivity (Wildman–Crippen MR) is 117 cm³/mol. The van der Waals surface area contributed by atoms with E-state index in [1.54, 1.807) is 19.3 Å². The van der Waals surface area contributed by atoms with Gasteiger partial charge >= 0.3 is 5.97 Å². The molecule has 0 fully saturated rings. The Morgan fingerprint density at radius 2 is 1.93 bits per heavy atom. The lowest BCUT2D eigenvalue weighted by Crippen LogP contribution is -2.35. The predicted octanol–water partition coefficient (Wildman–Crippen LogP) is 3.54. The van der Waals surface area contributed by atoms with Crippen LogP contribution in [-0.4, -0.2) is 30.0 Å². The second kappa shape index (κ2) is 10.9. The van der Waals surface area contributed by atoms with Crippen molar-refractivity contribution >= 4 is 24.3 Å². The average molecular weight is 420 g/mol. The van der Waals surface area contributed by atoms with Crippen molar-refractivity contribution in [3.05, 3.63) is 53.9 Å². The molecule has 29 heavy (non-hydrogen) atoms.